The Kier molecular flexibility index (Phi) is 10.5. The van der Waals surface area contributed by atoms with Gasteiger partial charge in [0.25, 0.3) is 11.8 Å². The summed E-state index contributed by atoms with van der Waals surface area (Å²) in [5, 5.41) is 11.9. The van der Waals surface area contributed by atoms with Crippen molar-refractivity contribution in [2.24, 2.45) is 0 Å². The lowest BCUT2D eigenvalue weighted by atomic mass is 9.90. The molecule has 2 saturated heterocycles. The summed E-state index contributed by atoms with van der Waals surface area (Å²) in [6.07, 6.45) is 3.43. The molecule has 57 heavy (non-hydrogen) atoms. The van der Waals surface area contributed by atoms with Crippen molar-refractivity contribution in [1.82, 2.24) is 25.0 Å². The number of aryl methyl sites for hydroxylation is 1. The van der Waals surface area contributed by atoms with Crippen LogP contribution in [0.1, 0.15) is 106 Å². The molecule has 302 valence electrons. The fourth-order valence-corrected chi connectivity index (χ4v) is 8.53. The second kappa shape index (κ2) is 14.6. The molecule has 0 bridgehead atoms. The lowest BCUT2D eigenvalue weighted by Crippen LogP contribution is -2.77. The molecule has 0 saturated carbocycles. The van der Waals surface area contributed by atoms with Gasteiger partial charge >= 0.3 is 17.8 Å². The first kappa shape index (κ1) is 41.3. The smallest absolute Gasteiger partial charge is 0.357 e. The average molecular weight is 797 g/mol. The maximum Gasteiger partial charge on any atom is 0.357 e. The van der Waals surface area contributed by atoms with Crippen molar-refractivity contribution in [3.8, 4) is 11.1 Å². The van der Waals surface area contributed by atoms with Crippen molar-refractivity contribution in [3.63, 3.8) is 0 Å². The van der Waals surface area contributed by atoms with Crippen LogP contribution >= 0.6 is 11.3 Å². The molecule has 2 fully saturated rings. The van der Waals surface area contributed by atoms with E-state index in [9.17, 15) is 19.2 Å². The van der Waals surface area contributed by atoms with Crippen molar-refractivity contribution in [3.05, 3.63) is 82.2 Å². The number of thiophene rings is 1. The number of carbonyl (C=O) groups excluding carboxylic acids is 5. The minimum atomic E-state index is -1.50. The number of nitrogens with zero attached hydrogens (tertiary/aromatic N) is 3. The van der Waals surface area contributed by atoms with Gasteiger partial charge in [-0.2, -0.15) is 4.48 Å². The van der Waals surface area contributed by atoms with Gasteiger partial charge in [0.1, 0.15) is 34.0 Å². The highest BCUT2D eigenvalue weighted by molar-refractivity contribution is 7.17. The number of hydrogen-bond acceptors (Lipinski definition) is 8. The van der Waals surface area contributed by atoms with Gasteiger partial charge in [-0.25, -0.2) is 9.59 Å². The summed E-state index contributed by atoms with van der Waals surface area (Å²) in [6, 6.07) is 12.3. The van der Waals surface area contributed by atoms with Gasteiger partial charge in [-0.05, 0) is 79.3 Å². The van der Waals surface area contributed by atoms with Crippen molar-refractivity contribution in [1.29, 1.82) is 0 Å². The van der Waals surface area contributed by atoms with Crippen LogP contribution in [0.2, 0.25) is 0 Å². The van der Waals surface area contributed by atoms with E-state index < -0.39 is 50.1 Å². The van der Waals surface area contributed by atoms with E-state index in [4.69, 9.17) is 4.42 Å². The Labute approximate surface area is 338 Å². The first-order valence-electron chi connectivity index (χ1n) is 19.2. The first-order chi connectivity index (χ1) is 26.5. The minimum absolute atomic E-state index is 0.0127. The maximum absolute atomic E-state index is 15.8. The predicted octanol–water partition coefficient (Wildman–Crippen LogP) is 7.36. The summed E-state index contributed by atoms with van der Waals surface area (Å²) in [6.45, 7) is 21.2. The normalized spacial score (nSPS) is 19.4. The molecule has 13 nitrogen and oxygen atoms in total. The third-order valence-electron chi connectivity index (χ3n) is 11.1. The number of quaternary nitrogens is 1. The van der Waals surface area contributed by atoms with Crippen LogP contribution in [0.3, 0.4) is 0 Å². The highest BCUT2D eigenvalue weighted by atomic mass is 32.1. The number of urea groups is 1. The number of furan rings is 1. The van der Waals surface area contributed by atoms with Gasteiger partial charge in [0, 0.05) is 55.3 Å². The summed E-state index contributed by atoms with van der Waals surface area (Å²) >= 11 is 1.28. The molecule has 2 aliphatic rings. The van der Waals surface area contributed by atoms with Crippen LogP contribution in [0.4, 0.5) is 21.4 Å². The van der Waals surface area contributed by atoms with Gasteiger partial charge in [-0.1, -0.05) is 47.6 Å². The monoisotopic (exact) mass is 796 g/mol. The van der Waals surface area contributed by atoms with Crippen LogP contribution in [0.15, 0.2) is 59.3 Å². The van der Waals surface area contributed by atoms with Gasteiger partial charge in [-0.15, -0.1) is 11.3 Å². The second-order valence-corrected chi connectivity index (χ2v) is 19.0. The van der Waals surface area contributed by atoms with Crippen LogP contribution in [-0.4, -0.2) is 76.8 Å². The predicted molar refractivity (Wildman–Crippen MR) is 224 cm³/mol. The molecule has 2 aliphatic heterocycles. The summed E-state index contributed by atoms with van der Waals surface area (Å²) in [5.74, 6) is -1.27. The van der Waals surface area contributed by atoms with E-state index in [1.54, 1.807) is 52.2 Å². The Morgan fingerprint density at radius 2 is 1.53 bits per heavy atom. The molecule has 6 rings (SSSR count). The van der Waals surface area contributed by atoms with E-state index in [0.29, 0.717) is 11.4 Å². The molecule has 0 spiro atoms. The lowest BCUT2D eigenvalue weighted by Gasteiger charge is -2.47. The van der Waals surface area contributed by atoms with E-state index in [0.717, 1.165) is 21.6 Å². The number of rotatable bonds is 6. The summed E-state index contributed by atoms with van der Waals surface area (Å²) in [4.78, 5) is 78.0. The second-order valence-electron chi connectivity index (χ2n) is 18.0. The molecule has 1 aromatic carbocycles. The molecule has 3 aromatic heterocycles. The Balaban J connectivity index is 1.49. The van der Waals surface area contributed by atoms with Crippen LogP contribution < -0.4 is 25.8 Å². The van der Waals surface area contributed by atoms with Crippen LogP contribution in [0.5, 0.6) is 0 Å². The molecular formula is C43H54N7O6S+. The standard InChI is InChI=1S/C43H53N7O6S/c1-25-12-13-27(22-28(25)26-14-16-44-17-15-26)47-39(55)48-33-29(24-32(57-33)41(5,6)7)35(52)50(21-19-46-38(54)43(50,10)11)36-30(23-31(56-36)40(2,3)4)34(51)49-20-18-45-37(53)42(49,8)9/h12-17,22-24H,18-21H2,1-11H3,(H3-,45,46,47,48,52,53,54,55)/p+1. The highest BCUT2D eigenvalue weighted by Gasteiger charge is 2.63. The van der Waals surface area contributed by atoms with Gasteiger partial charge in [0.2, 0.25) is 5.91 Å². The average Bonchev–Trinajstić information content (AvgIpc) is 3.77. The number of nitrogens with one attached hydrogen (secondary N) is 4. The quantitative estimate of drug-likeness (QED) is 0.148. The van der Waals surface area contributed by atoms with Crippen LogP contribution in [0, 0.1) is 6.92 Å². The van der Waals surface area contributed by atoms with Crippen molar-refractivity contribution in [2.45, 2.75) is 98.1 Å². The third-order valence-corrected chi connectivity index (χ3v) is 12.6. The minimum Gasteiger partial charge on any atom is -0.416 e. The largest absolute Gasteiger partial charge is 0.416 e. The highest BCUT2D eigenvalue weighted by Crippen LogP contribution is 2.47. The number of pyridine rings is 1. The molecule has 14 heteroatoms. The molecule has 5 heterocycles. The number of hydrogen-bond donors (Lipinski definition) is 4. The van der Waals surface area contributed by atoms with E-state index in [1.807, 2.05) is 78.8 Å². The Morgan fingerprint density at radius 1 is 0.860 bits per heavy atom. The lowest BCUT2D eigenvalue weighted by molar-refractivity contribution is -0.133. The Morgan fingerprint density at radius 3 is 2.18 bits per heavy atom. The first-order valence-corrected chi connectivity index (χ1v) is 20.0. The number of amides is 6. The van der Waals surface area contributed by atoms with E-state index in [-0.39, 0.29) is 54.1 Å². The molecule has 1 unspecified atom stereocenters. The van der Waals surface area contributed by atoms with Crippen LogP contribution in [0.25, 0.3) is 11.1 Å². The molecule has 1 atom stereocenters. The fraction of sp³-hybridized carbons (Fsp3) is 0.442. The van der Waals surface area contributed by atoms with Crippen molar-refractivity contribution in [2.75, 3.05) is 36.8 Å². The van der Waals surface area contributed by atoms with E-state index >= 15 is 4.79 Å². The van der Waals surface area contributed by atoms with Gasteiger partial charge in [0.05, 0.1) is 6.54 Å². The molecule has 4 aromatic rings. The number of carbonyl (C=O) groups is 5. The van der Waals surface area contributed by atoms with Gasteiger partial charge < -0.3 is 25.3 Å². The SMILES string of the molecule is Cc1ccc(NC(=O)Nc2sc(C(C)(C)C)cc2C(=O)[N+]2(c3oc(C(C)(C)C)cc3C(=O)N3CCNC(=O)C3(C)C)CCNC(=O)C2(C)C)cc1-c1ccncc1. The van der Waals surface area contributed by atoms with E-state index in [1.165, 1.54) is 16.2 Å². The number of piperazine rings is 2. The molecule has 0 radical (unpaired) electrons. The third kappa shape index (κ3) is 7.36. The number of aromatic nitrogens is 1. The topological polar surface area (TPSA) is 163 Å². The fourth-order valence-electron chi connectivity index (χ4n) is 7.42. The summed E-state index contributed by atoms with van der Waals surface area (Å²) in [5.41, 5.74) is 0.00335. The number of anilines is 2. The zero-order valence-corrected chi connectivity index (χ0v) is 35.5. The molecular weight excluding hydrogens is 743 g/mol. The zero-order chi connectivity index (χ0) is 41.9. The molecule has 0 aliphatic carbocycles. The molecule has 6 amide bonds. The van der Waals surface area contributed by atoms with Crippen molar-refractivity contribution < 1.29 is 28.4 Å². The Bertz CT molecular complexity index is 2260. The molecule has 4 N–H and O–H groups in total. The summed E-state index contributed by atoms with van der Waals surface area (Å²) < 4.78 is 6.03. The maximum atomic E-state index is 15.8. The van der Waals surface area contributed by atoms with E-state index in [2.05, 4.69) is 26.3 Å². The van der Waals surface area contributed by atoms with Gasteiger partial charge in [0.15, 0.2) is 5.54 Å². The Hall–Kier alpha value is -5.34. The number of benzene rings is 1. The van der Waals surface area contributed by atoms with Crippen molar-refractivity contribution >= 4 is 57.6 Å². The van der Waals surface area contributed by atoms with Crippen LogP contribution in [-0.2, 0) is 20.4 Å². The summed E-state index contributed by atoms with van der Waals surface area (Å²) in [7, 11) is 0. The van der Waals surface area contributed by atoms with Gasteiger partial charge in [-0.3, -0.25) is 24.7 Å². The zero-order valence-electron chi connectivity index (χ0n) is 34.7.